The SMILES string of the molecule is CC(C)Cn1nnnc1SCc1ccc(C(F)(F)F)cc1. The molecule has 0 atom stereocenters. The topological polar surface area (TPSA) is 43.6 Å². The summed E-state index contributed by atoms with van der Waals surface area (Å²) >= 11 is 1.41. The van der Waals surface area contributed by atoms with Crippen LogP contribution >= 0.6 is 11.8 Å². The zero-order valence-corrected chi connectivity index (χ0v) is 12.4. The minimum Gasteiger partial charge on any atom is -0.220 e. The molecule has 0 aliphatic rings. The summed E-state index contributed by atoms with van der Waals surface area (Å²) in [5, 5.41) is 12.1. The molecule has 0 bridgehead atoms. The van der Waals surface area contributed by atoms with E-state index in [-0.39, 0.29) is 0 Å². The minimum absolute atomic E-state index is 0.416. The lowest BCUT2D eigenvalue weighted by atomic mass is 10.1. The number of nitrogens with zero attached hydrogens (tertiary/aromatic N) is 4. The third kappa shape index (κ3) is 4.45. The van der Waals surface area contributed by atoms with Crippen molar-refractivity contribution in [2.24, 2.45) is 5.92 Å². The Labute approximate surface area is 124 Å². The van der Waals surface area contributed by atoms with Crippen LogP contribution in [0.2, 0.25) is 0 Å². The van der Waals surface area contributed by atoms with E-state index in [4.69, 9.17) is 0 Å². The summed E-state index contributed by atoms with van der Waals surface area (Å²) in [4.78, 5) is 0. The van der Waals surface area contributed by atoms with E-state index in [9.17, 15) is 13.2 Å². The molecule has 0 unspecified atom stereocenters. The number of hydrogen-bond acceptors (Lipinski definition) is 4. The Balaban J connectivity index is 1.99. The molecule has 2 rings (SSSR count). The Morgan fingerprint density at radius 2 is 1.86 bits per heavy atom. The molecule has 8 heteroatoms. The highest BCUT2D eigenvalue weighted by molar-refractivity contribution is 7.98. The van der Waals surface area contributed by atoms with Gasteiger partial charge in [0, 0.05) is 12.3 Å². The largest absolute Gasteiger partial charge is 0.416 e. The highest BCUT2D eigenvalue weighted by Crippen LogP contribution is 2.30. The van der Waals surface area contributed by atoms with Crippen LogP contribution in [-0.2, 0) is 18.5 Å². The number of rotatable bonds is 5. The highest BCUT2D eigenvalue weighted by Gasteiger charge is 2.29. The van der Waals surface area contributed by atoms with Crippen LogP contribution in [0.15, 0.2) is 29.4 Å². The van der Waals surface area contributed by atoms with E-state index in [1.54, 1.807) is 4.68 Å². The molecular weight excluding hydrogens is 301 g/mol. The van der Waals surface area contributed by atoms with Crippen LogP contribution in [0, 0.1) is 5.92 Å². The summed E-state index contributed by atoms with van der Waals surface area (Å²) in [6.45, 7) is 4.83. The standard InChI is InChI=1S/C13H15F3N4S/c1-9(2)7-20-12(17-18-19-20)21-8-10-3-5-11(6-4-10)13(14,15)16/h3-6,9H,7-8H2,1-2H3. The summed E-state index contributed by atoms with van der Waals surface area (Å²) in [6, 6.07) is 5.14. The Kier molecular flexibility index (Phi) is 4.87. The van der Waals surface area contributed by atoms with Gasteiger partial charge in [-0.1, -0.05) is 37.7 Å². The van der Waals surface area contributed by atoms with Gasteiger partial charge in [-0.3, -0.25) is 0 Å². The molecule has 0 N–H and O–H groups in total. The molecule has 2 aromatic rings. The third-order valence-corrected chi connectivity index (χ3v) is 3.71. The van der Waals surface area contributed by atoms with E-state index in [0.717, 1.165) is 17.7 Å². The normalized spacial score (nSPS) is 12.1. The fourth-order valence-electron chi connectivity index (χ4n) is 1.70. The van der Waals surface area contributed by atoms with Gasteiger partial charge >= 0.3 is 6.18 Å². The van der Waals surface area contributed by atoms with Crippen LogP contribution in [0.4, 0.5) is 13.2 Å². The molecule has 4 nitrogen and oxygen atoms in total. The first-order chi connectivity index (χ1) is 9.86. The van der Waals surface area contributed by atoms with Crippen LogP contribution in [0.5, 0.6) is 0 Å². The Morgan fingerprint density at radius 3 is 2.43 bits per heavy atom. The third-order valence-electron chi connectivity index (χ3n) is 2.69. The van der Waals surface area contributed by atoms with Crippen molar-refractivity contribution in [2.45, 2.75) is 37.5 Å². The van der Waals surface area contributed by atoms with E-state index in [2.05, 4.69) is 29.4 Å². The Bertz CT molecular complexity index is 578. The molecule has 114 valence electrons. The second-order valence-electron chi connectivity index (χ2n) is 5.02. The predicted octanol–water partition coefficient (Wildman–Crippen LogP) is 3.64. The molecule has 0 fully saturated rings. The molecule has 1 aromatic heterocycles. The van der Waals surface area contributed by atoms with Crippen molar-refractivity contribution < 1.29 is 13.2 Å². The van der Waals surface area contributed by atoms with Crippen molar-refractivity contribution in [1.82, 2.24) is 20.2 Å². The summed E-state index contributed by atoms with van der Waals surface area (Å²) in [6.07, 6.45) is -4.30. The number of aromatic nitrogens is 4. The molecule has 1 heterocycles. The fourth-order valence-corrected chi connectivity index (χ4v) is 2.54. The second kappa shape index (κ2) is 6.46. The molecule has 21 heavy (non-hydrogen) atoms. The van der Waals surface area contributed by atoms with Crippen molar-refractivity contribution in [3.8, 4) is 0 Å². The Hall–Kier alpha value is -1.57. The number of hydrogen-bond donors (Lipinski definition) is 0. The monoisotopic (exact) mass is 316 g/mol. The zero-order valence-electron chi connectivity index (χ0n) is 11.6. The van der Waals surface area contributed by atoms with Gasteiger partial charge in [0.1, 0.15) is 0 Å². The van der Waals surface area contributed by atoms with Crippen LogP contribution < -0.4 is 0 Å². The van der Waals surface area contributed by atoms with Crippen molar-refractivity contribution in [3.63, 3.8) is 0 Å². The van der Waals surface area contributed by atoms with Gasteiger partial charge in [-0.2, -0.15) is 13.2 Å². The van der Waals surface area contributed by atoms with Gasteiger partial charge < -0.3 is 0 Å². The van der Waals surface area contributed by atoms with Gasteiger partial charge in [0.2, 0.25) is 5.16 Å². The molecule has 0 aliphatic heterocycles. The predicted molar refractivity (Wildman–Crippen MR) is 73.7 cm³/mol. The van der Waals surface area contributed by atoms with Crippen LogP contribution in [0.3, 0.4) is 0 Å². The average molecular weight is 316 g/mol. The Morgan fingerprint density at radius 1 is 1.19 bits per heavy atom. The lowest BCUT2D eigenvalue weighted by Gasteiger charge is -2.08. The van der Waals surface area contributed by atoms with Crippen LogP contribution in [-0.4, -0.2) is 20.2 Å². The first-order valence-electron chi connectivity index (χ1n) is 6.41. The minimum atomic E-state index is -4.30. The smallest absolute Gasteiger partial charge is 0.220 e. The van der Waals surface area contributed by atoms with E-state index < -0.39 is 11.7 Å². The molecule has 0 saturated carbocycles. The molecule has 0 aliphatic carbocycles. The van der Waals surface area contributed by atoms with Crippen LogP contribution in [0.1, 0.15) is 25.0 Å². The molecule has 0 radical (unpaired) electrons. The lowest BCUT2D eigenvalue weighted by molar-refractivity contribution is -0.137. The number of tetrazole rings is 1. The maximum absolute atomic E-state index is 12.5. The van der Waals surface area contributed by atoms with Crippen molar-refractivity contribution in [1.29, 1.82) is 0 Å². The highest BCUT2D eigenvalue weighted by atomic mass is 32.2. The van der Waals surface area contributed by atoms with Crippen molar-refractivity contribution in [2.75, 3.05) is 0 Å². The maximum atomic E-state index is 12.5. The van der Waals surface area contributed by atoms with Crippen LogP contribution in [0.25, 0.3) is 0 Å². The van der Waals surface area contributed by atoms with Gasteiger partial charge in [-0.25, -0.2) is 4.68 Å². The van der Waals surface area contributed by atoms with Gasteiger partial charge in [0.05, 0.1) is 5.56 Å². The molecular formula is C13H15F3N4S. The number of thioether (sulfide) groups is 1. The number of benzene rings is 1. The van der Waals surface area contributed by atoms with Crippen molar-refractivity contribution in [3.05, 3.63) is 35.4 Å². The van der Waals surface area contributed by atoms with E-state index in [0.29, 0.717) is 23.4 Å². The summed E-state index contributed by atoms with van der Waals surface area (Å²) in [7, 11) is 0. The van der Waals surface area contributed by atoms with Gasteiger partial charge in [-0.05, 0) is 34.0 Å². The fraction of sp³-hybridized carbons (Fsp3) is 0.462. The summed E-state index contributed by atoms with van der Waals surface area (Å²) in [5.41, 5.74) is 0.160. The van der Waals surface area contributed by atoms with Gasteiger partial charge in [-0.15, -0.1) is 5.10 Å². The average Bonchev–Trinajstić information content (AvgIpc) is 2.82. The number of halogens is 3. The molecule has 0 saturated heterocycles. The molecule has 0 spiro atoms. The van der Waals surface area contributed by atoms with E-state index in [1.165, 1.54) is 23.9 Å². The van der Waals surface area contributed by atoms with Gasteiger partial charge in [0.25, 0.3) is 0 Å². The van der Waals surface area contributed by atoms with Gasteiger partial charge in [0.15, 0.2) is 0 Å². The summed E-state index contributed by atoms with van der Waals surface area (Å²) in [5.74, 6) is 0.940. The second-order valence-corrected chi connectivity index (χ2v) is 5.96. The quantitative estimate of drug-likeness (QED) is 0.790. The number of alkyl halides is 3. The molecule has 0 amide bonds. The first-order valence-corrected chi connectivity index (χ1v) is 7.40. The van der Waals surface area contributed by atoms with E-state index >= 15 is 0 Å². The molecule has 1 aromatic carbocycles. The first kappa shape index (κ1) is 15.8. The van der Waals surface area contributed by atoms with E-state index in [1.807, 2.05) is 0 Å². The maximum Gasteiger partial charge on any atom is 0.416 e. The van der Waals surface area contributed by atoms with Crippen molar-refractivity contribution >= 4 is 11.8 Å². The zero-order chi connectivity index (χ0) is 15.5. The summed E-state index contributed by atoms with van der Waals surface area (Å²) < 4.78 is 39.1. The lowest BCUT2D eigenvalue weighted by Crippen LogP contribution is -2.07.